The molecule has 1 saturated heterocycles. The molecule has 2 heterocycles. The Morgan fingerprint density at radius 1 is 1.28 bits per heavy atom. The highest BCUT2D eigenvalue weighted by molar-refractivity contribution is 6.30. The summed E-state index contributed by atoms with van der Waals surface area (Å²) in [5, 5.41) is 18.4. The van der Waals surface area contributed by atoms with Crippen LogP contribution in [0.1, 0.15) is 19.8 Å². The van der Waals surface area contributed by atoms with Crippen LogP contribution in [0.2, 0.25) is 5.15 Å². The lowest BCUT2D eigenvalue weighted by molar-refractivity contribution is 0.192. The molecule has 158 valence electrons. The highest BCUT2D eigenvalue weighted by Crippen LogP contribution is 2.21. The van der Waals surface area contributed by atoms with Crippen molar-refractivity contribution in [2.75, 3.05) is 32.5 Å². The Kier molecular flexibility index (Phi) is 7.63. The molecule has 1 aromatic carbocycles. The van der Waals surface area contributed by atoms with Gasteiger partial charge in [0.25, 0.3) is 0 Å². The first kappa shape index (κ1) is 21.7. The number of urea groups is 1. The molecular formula is C20H30ClN7O. The van der Waals surface area contributed by atoms with Gasteiger partial charge in [0.1, 0.15) is 11.4 Å². The number of hydrogen-bond donors (Lipinski definition) is 5. The molecule has 0 spiro atoms. The predicted molar refractivity (Wildman–Crippen MR) is 118 cm³/mol. The second kappa shape index (κ2) is 10.2. The van der Waals surface area contributed by atoms with Gasteiger partial charge in [0.05, 0.1) is 6.17 Å². The Morgan fingerprint density at radius 3 is 2.90 bits per heavy atom. The zero-order valence-electron chi connectivity index (χ0n) is 17.1. The summed E-state index contributed by atoms with van der Waals surface area (Å²) in [5.41, 5.74) is 0.694. The molecule has 5 N–H and O–H groups in total. The zero-order valence-corrected chi connectivity index (χ0v) is 17.9. The van der Waals surface area contributed by atoms with E-state index in [1.165, 1.54) is 0 Å². The molecule has 9 heteroatoms. The second-order valence-corrected chi connectivity index (χ2v) is 8.12. The first-order chi connectivity index (χ1) is 13.9. The maximum Gasteiger partial charge on any atom is 0.321 e. The smallest absolute Gasteiger partial charge is 0.310 e. The minimum atomic E-state index is -0.316. The fraction of sp³-hybridized carbons (Fsp3) is 0.500. The maximum absolute atomic E-state index is 12.5. The molecule has 3 unspecified atom stereocenters. The standard InChI is InChI=1S/C20H30ClN7O/c1-13-9-18(22-7-4-8-28(2)3)26-19(24-13)27-20(29)25-16-6-5-14-12-23-17(21)11-15(14)10-16/h5-6,10-13,18-19,22,24,26H,4,7-9H2,1-3H3,(H2,25,27,29). The Bertz CT molecular complexity index is 832. The van der Waals surface area contributed by atoms with Crippen LogP contribution in [0.3, 0.4) is 0 Å². The molecule has 2 aromatic rings. The van der Waals surface area contributed by atoms with Gasteiger partial charge in [-0.25, -0.2) is 9.78 Å². The number of anilines is 1. The number of halogens is 1. The van der Waals surface area contributed by atoms with Gasteiger partial charge in [-0.2, -0.15) is 0 Å². The van der Waals surface area contributed by atoms with Crippen LogP contribution in [-0.4, -0.2) is 61.6 Å². The average molecular weight is 420 g/mol. The normalized spacial score (nSPS) is 22.0. The van der Waals surface area contributed by atoms with E-state index in [2.05, 4.69) is 57.5 Å². The lowest BCUT2D eigenvalue weighted by atomic mass is 10.1. The van der Waals surface area contributed by atoms with Gasteiger partial charge in [-0.05, 0) is 70.5 Å². The summed E-state index contributed by atoms with van der Waals surface area (Å²) >= 11 is 5.96. The van der Waals surface area contributed by atoms with Gasteiger partial charge in [0.15, 0.2) is 0 Å². The molecule has 0 saturated carbocycles. The number of nitrogens with one attached hydrogen (secondary N) is 5. The van der Waals surface area contributed by atoms with Gasteiger partial charge < -0.3 is 20.9 Å². The number of aromatic nitrogens is 1. The number of hydrogen-bond acceptors (Lipinski definition) is 6. The van der Waals surface area contributed by atoms with Crippen molar-refractivity contribution in [1.82, 2.24) is 31.2 Å². The van der Waals surface area contributed by atoms with E-state index in [9.17, 15) is 4.79 Å². The van der Waals surface area contributed by atoms with Gasteiger partial charge in [0, 0.05) is 23.3 Å². The van der Waals surface area contributed by atoms with Gasteiger partial charge in [-0.1, -0.05) is 17.7 Å². The number of carbonyl (C=O) groups excluding carboxylic acids is 1. The molecule has 0 aliphatic carbocycles. The number of benzene rings is 1. The van der Waals surface area contributed by atoms with E-state index in [1.807, 2.05) is 18.2 Å². The summed E-state index contributed by atoms with van der Waals surface area (Å²) in [5.74, 6) is 0. The topological polar surface area (TPSA) is 93.3 Å². The summed E-state index contributed by atoms with van der Waals surface area (Å²) < 4.78 is 0. The Balaban J connectivity index is 1.51. The first-order valence-electron chi connectivity index (χ1n) is 9.92. The van der Waals surface area contributed by atoms with Crippen molar-refractivity contribution in [2.24, 2.45) is 0 Å². The third-order valence-corrected chi connectivity index (χ3v) is 5.01. The lowest BCUT2D eigenvalue weighted by Gasteiger charge is -2.37. The number of nitrogens with zero attached hydrogens (tertiary/aromatic N) is 2. The molecule has 0 radical (unpaired) electrons. The molecular weight excluding hydrogens is 390 g/mol. The summed E-state index contributed by atoms with van der Waals surface area (Å²) in [4.78, 5) is 18.7. The second-order valence-electron chi connectivity index (χ2n) is 7.73. The average Bonchev–Trinajstić information content (AvgIpc) is 2.64. The van der Waals surface area contributed by atoms with Crippen molar-refractivity contribution >= 4 is 34.1 Å². The minimum absolute atomic E-state index is 0.147. The summed E-state index contributed by atoms with van der Waals surface area (Å²) in [6, 6.07) is 7.40. The van der Waals surface area contributed by atoms with Crippen molar-refractivity contribution in [3.63, 3.8) is 0 Å². The van der Waals surface area contributed by atoms with E-state index in [0.717, 1.165) is 36.7 Å². The number of carbonyl (C=O) groups is 1. The molecule has 1 aromatic heterocycles. The molecule has 2 amide bonds. The Labute approximate surface area is 176 Å². The van der Waals surface area contributed by atoms with E-state index in [0.29, 0.717) is 10.8 Å². The van der Waals surface area contributed by atoms with Crippen molar-refractivity contribution in [3.8, 4) is 0 Å². The number of rotatable bonds is 7. The number of amides is 2. The van der Waals surface area contributed by atoms with Crippen LogP contribution in [0, 0.1) is 0 Å². The van der Waals surface area contributed by atoms with Crippen LogP contribution in [0.4, 0.5) is 10.5 Å². The van der Waals surface area contributed by atoms with E-state index in [4.69, 9.17) is 11.6 Å². The van der Waals surface area contributed by atoms with Crippen molar-refractivity contribution in [2.45, 2.75) is 38.3 Å². The molecule has 1 aliphatic rings. The van der Waals surface area contributed by atoms with Crippen molar-refractivity contribution in [3.05, 3.63) is 35.6 Å². The van der Waals surface area contributed by atoms with Crippen LogP contribution in [0.25, 0.3) is 10.8 Å². The summed E-state index contributed by atoms with van der Waals surface area (Å²) in [7, 11) is 4.15. The minimum Gasteiger partial charge on any atom is -0.310 e. The SMILES string of the molecule is CC1CC(NCCCN(C)C)NC(NC(=O)Nc2ccc3cnc(Cl)cc3c2)N1. The summed E-state index contributed by atoms with van der Waals surface area (Å²) in [6.45, 7) is 4.09. The van der Waals surface area contributed by atoms with E-state index in [-0.39, 0.29) is 24.5 Å². The molecule has 3 rings (SSSR count). The first-order valence-corrected chi connectivity index (χ1v) is 10.3. The highest BCUT2D eigenvalue weighted by Gasteiger charge is 2.25. The predicted octanol–water partition coefficient (Wildman–Crippen LogP) is 2.13. The fourth-order valence-corrected chi connectivity index (χ4v) is 3.58. The fourth-order valence-electron chi connectivity index (χ4n) is 3.41. The quantitative estimate of drug-likeness (QED) is 0.349. The number of fused-ring (bicyclic) bond motifs is 1. The molecule has 0 bridgehead atoms. The van der Waals surface area contributed by atoms with E-state index in [1.54, 1.807) is 12.3 Å². The van der Waals surface area contributed by atoms with Crippen LogP contribution in [0.15, 0.2) is 30.5 Å². The summed E-state index contributed by atoms with van der Waals surface area (Å²) in [6.07, 6.45) is 3.57. The maximum atomic E-state index is 12.5. The Hall–Kier alpha value is -1.97. The number of pyridine rings is 1. The molecule has 1 aliphatic heterocycles. The van der Waals surface area contributed by atoms with Gasteiger partial charge in [-0.15, -0.1) is 0 Å². The van der Waals surface area contributed by atoms with Crippen LogP contribution >= 0.6 is 11.6 Å². The van der Waals surface area contributed by atoms with Crippen LogP contribution in [-0.2, 0) is 0 Å². The van der Waals surface area contributed by atoms with E-state index >= 15 is 0 Å². The third-order valence-electron chi connectivity index (χ3n) is 4.80. The van der Waals surface area contributed by atoms with Crippen LogP contribution in [0.5, 0.6) is 0 Å². The largest absolute Gasteiger partial charge is 0.321 e. The van der Waals surface area contributed by atoms with Crippen molar-refractivity contribution in [1.29, 1.82) is 0 Å². The molecule has 1 fully saturated rings. The van der Waals surface area contributed by atoms with Crippen LogP contribution < -0.4 is 26.6 Å². The Morgan fingerprint density at radius 2 is 2.10 bits per heavy atom. The molecule has 3 atom stereocenters. The third kappa shape index (κ3) is 6.80. The molecule has 29 heavy (non-hydrogen) atoms. The van der Waals surface area contributed by atoms with Gasteiger partial charge in [0.2, 0.25) is 0 Å². The highest BCUT2D eigenvalue weighted by atomic mass is 35.5. The van der Waals surface area contributed by atoms with Gasteiger partial charge >= 0.3 is 6.03 Å². The zero-order chi connectivity index (χ0) is 20.8. The van der Waals surface area contributed by atoms with Crippen molar-refractivity contribution < 1.29 is 4.79 Å². The van der Waals surface area contributed by atoms with E-state index < -0.39 is 0 Å². The molecule has 8 nitrogen and oxygen atoms in total. The van der Waals surface area contributed by atoms with Gasteiger partial charge in [-0.3, -0.25) is 10.6 Å². The lowest BCUT2D eigenvalue weighted by Crippen LogP contribution is -2.67. The monoisotopic (exact) mass is 419 g/mol.